The van der Waals surface area contributed by atoms with E-state index in [1.54, 1.807) is 0 Å². The number of rotatable bonds is 2. The minimum atomic E-state index is -1.70. The van der Waals surface area contributed by atoms with Crippen molar-refractivity contribution in [1.82, 2.24) is 5.23 Å². The molecule has 0 aromatic heterocycles. The van der Waals surface area contributed by atoms with Crippen molar-refractivity contribution in [2.45, 2.75) is 6.29 Å². The lowest BCUT2D eigenvalue weighted by molar-refractivity contribution is -0.326. The molecule has 0 aliphatic carbocycles. The maximum absolute atomic E-state index is 7.92. The first-order chi connectivity index (χ1) is 3.13. The molecule has 0 aliphatic heterocycles. The maximum atomic E-state index is 7.92. The smallest absolute Gasteiger partial charge is 0.169 e. The molecule has 0 spiro atoms. The van der Waals surface area contributed by atoms with Gasteiger partial charge in [0.1, 0.15) is 6.54 Å². The Morgan fingerprint density at radius 2 is 1.71 bits per heavy atom. The summed E-state index contributed by atoms with van der Waals surface area (Å²) in [5, 5.41) is 31.1. The Morgan fingerprint density at radius 3 is 1.71 bits per heavy atom. The fourth-order valence-electron chi connectivity index (χ4n) is 0.146. The highest BCUT2D eigenvalue weighted by Gasteiger charge is 1.99. The minimum absolute atomic E-state index is 0.301. The van der Waals surface area contributed by atoms with Gasteiger partial charge in [-0.1, -0.05) is 5.23 Å². The van der Waals surface area contributed by atoms with Crippen molar-refractivity contribution in [3.8, 4) is 0 Å². The number of hydrogen-bond donors (Lipinski definition) is 4. The summed E-state index contributed by atoms with van der Waals surface area (Å²) in [4.78, 5) is 0. The van der Waals surface area contributed by atoms with Gasteiger partial charge in [0.2, 0.25) is 0 Å². The van der Waals surface area contributed by atoms with Crippen molar-refractivity contribution >= 4 is 0 Å². The predicted octanol–water partition coefficient (Wildman–Crippen LogP) is -1.62. The normalized spacial score (nSPS) is 11.1. The third kappa shape index (κ3) is 5.80. The van der Waals surface area contributed by atoms with E-state index in [-0.39, 0.29) is 5.23 Å². The molecule has 0 bridgehead atoms. The zero-order chi connectivity index (χ0) is 5.86. The van der Waals surface area contributed by atoms with Crippen molar-refractivity contribution in [2.24, 2.45) is 0 Å². The third-order valence-corrected chi connectivity index (χ3v) is 0.327. The Hall–Kier alpha value is -0.200. The average molecular weight is 109 g/mol. The summed E-state index contributed by atoms with van der Waals surface area (Å²) >= 11 is 0. The summed E-state index contributed by atoms with van der Waals surface area (Å²) in [5.74, 6) is 0. The standard InChI is InChI=1S/C2H7NO4/c4-2(5)1-3(6)7/h2,4-7H,1H2. The van der Waals surface area contributed by atoms with Crippen LogP contribution in [0.5, 0.6) is 0 Å². The number of nitrogens with zero attached hydrogens (tertiary/aromatic N) is 1. The Morgan fingerprint density at radius 1 is 1.29 bits per heavy atom. The van der Waals surface area contributed by atoms with Crippen LogP contribution in [0.25, 0.3) is 0 Å². The van der Waals surface area contributed by atoms with Crippen molar-refractivity contribution in [2.75, 3.05) is 6.54 Å². The van der Waals surface area contributed by atoms with Gasteiger partial charge < -0.3 is 10.2 Å². The summed E-state index contributed by atoms with van der Waals surface area (Å²) < 4.78 is 0. The highest BCUT2D eigenvalue weighted by molar-refractivity contribution is 4.30. The van der Waals surface area contributed by atoms with Crippen LogP contribution >= 0.6 is 0 Å². The largest absolute Gasteiger partial charge is 0.367 e. The van der Waals surface area contributed by atoms with Crippen LogP contribution in [0.2, 0.25) is 0 Å². The Balaban J connectivity index is 2.95. The molecule has 0 rings (SSSR count). The van der Waals surface area contributed by atoms with Gasteiger partial charge in [-0.05, 0) is 0 Å². The molecule has 0 unspecified atom stereocenters. The summed E-state index contributed by atoms with van der Waals surface area (Å²) in [6.07, 6.45) is -1.70. The Labute approximate surface area is 39.9 Å². The first-order valence-electron chi connectivity index (χ1n) is 1.64. The monoisotopic (exact) mass is 109 g/mol. The molecule has 0 fully saturated rings. The number of aliphatic hydroxyl groups is 2. The van der Waals surface area contributed by atoms with Gasteiger partial charge in [0.25, 0.3) is 0 Å². The van der Waals surface area contributed by atoms with Crippen LogP contribution in [0.15, 0.2) is 0 Å². The van der Waals surface area contributed by atoms with Gasteiger partial charge in [-0.2, -0.15) is 0 Å². The predicted molar refractivity (Wildman–Crippen MR) is 18.5 cm³/mol. The van der Waals surface area contributed by atoms with E-state index in [2.05, 4.69) is 0 Å². The molecular formula is C2H7NO4. The summed E-state index contributed by atoms with van der Waals surface area (Å²) in [7, 11) is 0. The van der Waals surface area contributed by atoms with E-state index in [9.17, 15) is 0 Å². The van der Waals surface area contributed by atoms with E-state index in [1.165, 1.54) is 0 Å². The molecule has 0 radical (unpaired) electrons. The topological polar surface area (TPSA) is 84.2 Å². The second-order valence-corrected chi connectivity index (χ2v) is 1.04. The average Bonchev–Trinajstić information content (AvgIpc) is 1.27. The van der Waals surface area contributed by atoms with Crippen LogP contribution < -0.4 is 0 Å². The molecule has 0 saturated heterocycles. The highest BCUT2D eigenvalue weighted by Crippen LogP contribution is 1.75. The SMILES string of the molecule is OC(O)CN(O)O. The van der Waals surface area contributed by atoms with Crippen molar-refractivity contribution in [3.05, 3.63) is 0 Å². The van der Waals surface area contributed by atoms with Gasteiger partial charge >= 0.3 is 0 Å². The Bertz CT molecular complexity index is 39.0. The van der Waals surface area contributed by atoms with Gasteiger partial charge in [-0.25, -0.2) is 0 Å². The molecule has 0 aromatic rings. The quantitative estimate of drug-likeness (QED) is 0.253. The van der Waals surface area contributed by atoms with Gasteiger partial charge in [-0.3, -0.25) is 10.4 Å². The molecule has 0 aromatic carbocycles. The van der Waals surface area contributed by atoms with E-state index in [4.69, 9.17) is 20.6 Å². The van der Waals surface area contributed by atoms with Crippen LogP contribution in [0.1, 0.15) is 0 Å². The summed E-state index contributed by atoms with van der Waals surface area (Å²) in [6, 6.07) is 0. The van der Waals surface area contributed by atoms with Gasteiger partial charge in [-0.15, -0.1) is 0 Å². The fourth-order valence-corrected chi connectivity index (χ4v) is 0.146. The molecule has 0 heterocycles. The first-order valence-corrected chi connectivity index (χ1v) is 1.64. The molecule has 0 aliphatic rings. The van der Waals surface area contributed by atoms with Gasteiger partial charge in [0.15, 0.2) is 6.29 Å². The number of hydroxylamine groups is 2. The zero-order valence-electron chi connectivity index (χ0n) is 3.52. The molecule has 5 nitrogen and oxygen atoms in total. The number of aliphatic hydroxyl groups excluding tert-OH is 1. The molecule has 5 heteroatoms. The fraction of sp³-hybridized carbons (Fsp3) is 1.00. The summed E-state index contributed by atoms with van der Waals surface area (Å²) in [5.41, 5.74) is 0. The van der Waals surface area contributed by atoms with E-state index in [0.29, 0.717) is 0 Å². The maximum Gasteiger partial charge on any atom is 0.169 e. The van der Waals surface area contributed by atoms with Crippen LogP contribution in [-0.4, -0.2) is 38.7 Å². The molecular weight excluding hydrogens is 102 g/mol. The second kappa shape index (κ2) is 2.89. The van der Waals surface area contributed by atoms with Gasteiger partial charge in [0.05, 0.1) is 0 Å². The molecule has 7 heavy (non-hydrogen) atoms. The third-order valence-electron chi connectivity index (χ3n) is 0.327. The molecule has 0 atom stereocenters. The lowest BCUT2D eigenvalue weighted by atomic mass is 10.7. The lowest BCUT2D eigenvalue weighted by Crippen LogP contribution is -2.26. The molecule has 0 amide bonds. The highest BCUT2D eigenvalue weighted by atomic mass is 16.8. The van der Waals surface area contributed by atoms with Crippen LogP contribution in [-0.2, 0) is 0 Å². The molecule has 0 saturated carbocycles. The van der Waals surface area contributed by atoms with Gasteiger partial charge in [0, 0.05) is 0 Å². The van der Waals surface area contributed by atoms with E-state index in [0.717, 1.165) is 0 Å². The Kier molecular flexibility index (Phi) is 2.81. The van der Waals surface area contributed by atoms with Crippen LogP contribution in [0.3, 0.4) is 0 Å². The zero-order valence-corrected chi connectivity index (χ0v) is 3.52. The van der Waals surface area contributed by atoms with E-state index in [1.807, 2.05) is 0 Å². The first kappa shape index (κ1) is 6.80. The van der Waals surface area contributed by atoms with E-state index >= 15 is 0 Å². The molecule has 4 N–H and O–H groups in total. The second-order valence-electron chi connectivity index (χ2n) is 1.04. The van der Waals surface area contributed by atoms with Crippen molar-refractivity contribution < 1.29 is 20.6 Å². The van der Waals surface area contributed by atoms with Crippen molar-refractivity contribution in [3.63, 3.8) is 0 Å². The summed E-state index contributed by atoms with van der Waals surface area (Å²) in [6.45, 7) is -0.583. The van der Waals surface area contributed by atoms with Crippen molar-refractivity contribution in [1.29, 1.82) is 0 Å². The van der Waals surface area contributed by atoms with E-state index < -0.39 is 12.8 Å². The molecule has 44 valence electrons. The van der Waals surface area contributed by atoms with Crippen LogP contribution in [0.4, 0.5) is 0 Å². The lowest BCUT2D eigenvalue weighted by Gasteiger charge is -2.05. The minimum Gasteiger partial charge on any atom is -0.367 e. The number of hydrogen-bond acceptors (Lipinski definition) is 5. The van der Waals surface area contributed by atoms with Crippen LogP contribution in [0, 0.1) is 0 Å².